The molecule has 0 saturated carbocycles. The summed E-state index contributed by atoms with van der Waals surface area (Å²) in [5, 5.41) is 3.65. The average molecular weight is 620 g/mol. The fourth-order valence-corrected chi connectivity index (χ4v) is 6.23. The highest BCUT2D eigenvalue weighted by atomic mass is 35.5. The maximum Gasteiger partial charge on any atom is 0.410 e. The number of carbonyl (C=O) groups is 2. The van der Waals surface area contributed by atoms with E-state index in [1.807, 2.05) is 38.0 Å². The summed E-state index contributed by atoms with van der Waals surface area (Å²) in [4.78, 5) is 54.4. The van der Waals surface area contributed by atoms with Crippen molar-refractivity contribution in [2.45, 2.75) is 70.0 Å². The standard InChI is InChI=1S/C28H32Cl2N6O4S/c1-13(2)19-22(18(41-7)8-9-31-19)36-24-15(10-16(29)23(30)33-24)21-20(26(36)38)32-25(37)17-12-34(14(3)11-35(17)21)27(39)40-28(4,5)6/h8-10,13-14,17H,11-12H2,1-7H3,(H,32,37)/t14-,17-/m1/s1. The summed E-state index contributed by atoms with van der Waals surface area (Å²) < 4.78 is 7.08. The van der Waals surface area contributed by atoms with Crippen molar-refractivity contribution in [1.29, 1.82) is 0 Å². The summed E-state index contributed by atoms with van der Waals surface area (Å²) in [6.45, 7) is 11.6. The Labute approximate surface area is 252 Å². The molecule has 0 aromatic carbocycles. The number of aromatic nitrogens is 3. The van der Waals surface area contributed by atoms with Crippen molar-refractivity contribution in [2.75, 3.05) is 29.6 Å². The second kappa shape index (κ2) is 10.7. The molecule has 41 heavy (non-hydrogen) atoms. The van der Waals surface area contributed by atoms with E-state index in [4.69, 9.17) is 27.9 Å². The van der Waals surface area contributed by atoms with Crippen LogP contribution in [0.5, 0.6) is 0 Å². The van der Waals surface area contributed by atoms with Crippen LogP contribution < -0.4 is 15.8 Å². The molecule has 1 fully saturated rings. The normalized spacial score (nSPS) is 18.8. The van der Waals surface area contributed by atoms with Gasteiger partial charge in [-0.25, -0.2) is 9.78 Å². The third-order valence-corrected chi connectivity index (χ3v) is 8.59. The van der Waals surface area contributed by atoms with E-state index in [1.165, 1.54) is 16.3 Å². The van der Waals surface area contributed by atoms with Crippen molar-refractivity contribution in [3.8, 4) is 5.69 Å². The Kier molecular flexibility index (Phi) is 7.67. The number of halogens is 2. The van der Waals surface area contributed by atoms with Gasteiger partial charge >= 0.3 is 6.09 Å². The number of hydrogen-bond donors (Lipinski definition) is 1. The lowest BCUT2D eigenvalue weighted by molar-refractivity contribution is -0.118. The number of rotatable bonds is 3. The molecule has 0 unspecified atom stereocenters. The molecule has 5 heterocycles. The van der Waals surface area contributed by atoms with E-state index in [9.17, 15) is 14.4 Å². The molecule has 1 saturated heterocycles. The Balaban J connectivity index is 1.76. The highest BCUT2D eigenvalue weighted by Gasteiger charge is 2.45. The van der Waals surface area contributed by atoms with E-state index in [1.54, 1.807) is 37.9 Å². The van der Waals surface area contributed by atoms with Crippen LogP contribution >= 0.6 is 35.0 Å². The molecule has 2 aliphatic heterocycles. The molecule has 3 aromatic rings. The predicted molar refractivity (Wildman–Crippen MR) is 163 cm³/mol. The number of carbonyl (C=O) groups excluding carboxylic acids is 2. The van der Waals surface area contributed by atoms with Crippen LogP contribution in [0.3, 0.4) is 0 Å². The number of fused-ring (bicyclic) bond motifs is 5. The zero-order chi connectivity index (χ0) is 30.0. The molecular weight excluding hydrogens is 587 g/mol. The van der Waals surface area contributed by atoms with Crippen molar-refractivity contribution in [3.05, 3.63) is 44.6 Å². The lowest BCUT2D eigenvalue weighted by Gasteiger charge is -2.48. The number of ether oxygens (including phenoxy) is 1. The zero-order valence-electron chi connectivity index (χ0n) is 23.9. The smallest absolute Gasteiger partial charge is 0.410 e. The summed E-state index contributed by atoms with van der Waals surface area (Å²) >= 11 is 14.4. The SMILES string of the molecule is CSc1ccnc(C(C)C)c1-n1c(=O)c2c(c3cc(Cl)c(Cl)nc31)N1C[C@@H](C)N(C(=O)OC(C)(C)C)C[C@@H]1C(=O)N2. The summed E-state index contributed by atoms with van der Waals surface area (Å²) in [6, 6.07) is 2.44. The number of nitrogens with zero attached hydrogens (tertiary/aromatic N) is 5. The number of nitrogens with one attached hydrogen (secondary N) is 1. The first-order valence-corrected chi connectivity index (χ1v) is 15.3. The highest BCUT2D eigenvalue weighted by Crippen LogP contribution is 2.42. The first-order valence-electron chi connectivity index (χ1n) is 13.3. The molecule has 1 N–H and O–H groups in total. The summed E-state index contributed by atoms with van der Waals surface area (Å²) in [7, 11) is 0. The largest absolute Gasteiger partial charge is 0.444 e. The van der Waals surface area contributed by atoms with Crippen LogP contribution in [0.25, 0.3) is 16.7 Å². The van der Waals surface area contributed by atoms with Crippen LogP contribution in [0, 0.1) is 0 Å². The number of pyridine rings is 3. The molecule has 13 heteroatoms. The van der Waals surface area contributed by atoms with Crippen molar-refractivity contribution >= 4 is 69.4 Å². The van der Waals surface area contributed by atoms with Gasteiger partial charge in [-0.1, -0.05) is 37.0 Å². The van der Waals surface area contributed by atoms with E-state index in [2.05, 4.69) is 15.3 Å². The summed E-state index contributed by atoms with van der Waals surface area (Å²) in [5.74, 6) is -0.409. The first kappa shape index (κ1) is 29.5. The molecule has 2 amide bonds. The van der Waals surface area contributed by atoms with Crippen LogP contribution in [0.2, 0.25) is 10.2 Å². The quantitative estimate of drug-likeness (QED) is 0.294. The second-order valence-corrected chi connectivity index (χ2v) is 13.2. The third-order valence-electron chi connectivity index (χ3n) is 7.14. The third kappa shape index (κ3) is 5.12. The van der Waals surface area contributed by atoms with Crippen LogP contribution in [0.15, 0.2) is 28.0 Å². The van der Waals surface area contributed by atoms with Gasteiger partial charge in [-0.15, -0.1) is 11.8 Å². The molecule has 2 atom stereocenters. The summed E-state index contributed by atoms with van der Waals surface area (Å²) in [5.41, 5.74) is 1.04. The fraction of sp³-hybridized carbons (Fsp3) is 0.464. The predicted octanol–water partition coefficient (Wildman–Crippen LogP) is 5.70. The van der Waals surface area contributed by atoms with Gasteiger partial charge in [0.05, 0.1) is 28.6 Å². The highest BCUT2D eigenvalue weighted by molar-refractivity contribution is 7.98. The molecule has 3 aromatic heterocycles. The molecule has 10 nitrogen and oxygen atoms in total. The molecule has 0 aliphatic carbocycles. The van der Waals surface area contributed by atoms with Crippen LogP contribution in [-0.2, 0) is 9.53 Å². The van der Waals surface area contributed by atoms with E-state index in [-0.39, 0.29) is 40.9 Å². The average Bonchev–Trinajstić information content (AvgIpc) is 2.88. The Hall–Kier alpha value is -3.02. The van der Waals surface area contributed by atoms with Gasteiger partial charge in [0.2, 0.25) is 5.91 Å². The zero-order valence-corrected chi connectivity index (χ0v) is 26.2. The minimum Gasteiger partial charge on any atom is -0.444 e. The van der Waals surface area contributed by atoms with Crippen molar-refractivity contribution in [2.24, 2.45) is 0 Å². The molecule has 0 spiro atoms. The first-order chi connectivity index (χ1) is 19.2. The number of anilines is 2. The lowest BCUT2D eigenvalue weighted by Crippen LogP contribution is -2.65. The molecule has 2 aliphatic rings. The van der Waals surface area contributed by atoms with E-state index in [0.29, 0.717) is 28.1 Å². The Morgan fingerprint density at radius 2 is 1.90 bits per heavy atom. The number of thioether (sulfide) groups is 1. The van der Waals surface area contributed by atoms with Crippen LogP contribution in [0.1, 0.15) is 53.2 Å². The summed E-state index contributed by atoms with van der Waals surface area (Å²) in [6.07, 6.45) is 3.14. The molecule has 0 radical (unpaired) electrons. The van der Waals surface area contributed by atoms with Crippen molar-refractivity contribution in [3.63, 3.8) is 0 Å². The minimum atomic E-state index is -0.759. The fourth-order valence-electron chi connectivity index (χ4n) is 5.36. The van der Waals surface area contributed by atoms with E-state index < -0.39 is 29.2 Å². The van der Waals surface area contributed by atoms with E-state index >= 15 is 0 Å². The van der Waals surface area contributed by atoms with E-state index in [0.717, 1.165) is 4.90 Å². The topological polar surface area (TPSA) is 110 Å². The molecule has 218 valence electrons. The molecule has 0 bridgehead atoms. The Morgan fingerprint density at radius 3 is 2.54 bits per heavy atom. The van der Waals surface area contributed by atoms with Gasteiger partial charge in [-0.2, -0.15) is 0 Å². The lowest BCUT2D eigenvalue weighted by atomic mass is 10.00. The minimum absolute atomic E-state index is 0.0152. The van der Waals surface area contributed by atoms with Crippen molar-refractivity contribution in [1.82, 2.24) is 19.4 Å². The van der Waals surface area contributed by atoms with Gasteiger partial charge < -0.3 is 19.9 Å². The molecule has 5 rings (SSSR count). The van der Waals surface area contributed by atoms with Crippen molar-refractivity contribution < 1.29 is 14.3 Å². The van der Waals surface area contributed by atoms with Gasteiger partial charge in [-0.05, 0) is 52.0 Å². The number of hydrogen-bond acceptors (Lipinski definition) is 8. The number of piperazine rings is 1. The Bertz CT molecular complexity index is 1640. The van der Waals surface area contributed by atoms with Gasteiger partial charge in [0, 0.05) is 29.1 Å². The molecular formula is C28H32Cl2N6O4S. The van der Waals surface area contributed by atoms with Gasteiger partial charge in [-0.3, -0.25) is 19.1 Å². The van der Waals surface area contributed by atoms with Gasteiger partial charge in [0.15, 0.2) is 5.65 Å². The van der Waals surface area contributed by atoms with Crippen LogP contribution in [0.4, 0.5) is 16.2 Å². The van der Waals surface area contributed by atoms with Crippen LogP contribution in [-0.4, -0.2) is 68.5 Å². The maximum absolute atomic E-state index is 14.4. The van der Waals surface area contributed by atoms with Gasteiger partial charge in [0.25, 0.3) is 5.56 Å². The monoisotopic (exact) mass is 618 g/mol. The maximum atomic E-state index is 14.4. The van der Waals surface area contributed by atoms with Gasteiger partial charge in [0.1, 0.15) is 22.5 Å². The second-order valence-electron chi connectivity index (χ2n) is 11.5. The number of amides is 2. The Morgan fingerprint density at radius 1 is 1.20 bits per heavy atom.